The first-order valence-electron chi connectivity index (χ1n) is 12.7. The molecule has 2 unspecified atom stereocenters. The van der Waals surface area contributed by atoms with Crippen LogP contribution in [0, 0.1) is 0 Å². The van der Waals surface area contributed by atoms with Crippen molar-refractivity contribution in [1.29, 1.82) is 0 Å². The van der Waals surface area contributed by atoms with Crippen LogP contribution in [0.25, 0.3) is 0 Å². The van der Waals surface area contributed by atoms with E-state index >= 15 is 0 Å². The van der Waals surface area contributed by atoms with Crippen molar-refractivity contribution in [2.45, 2.75) is 42.8 Å². The lowest BCUT2D eigenvalue weighted by Gasteiger charge is -2.26. The van der Waals surface area contributed by atoms with Gasteiger partial charge in [-0.25, -0.2) is 4.98 Å². The number of halogens is 1. The average molecular weight is 547 g/mol. The van der Waals surface area contributed by atoms with Crippen LogP contribution in [0.3, 0.4) is 0 Å². The smallest absolute Gasteiger partial charge is 0.230 e. The maximum absolute atomic E-state index is 13.8. The summed E-state index contributed by atoms with van der Waals surface area (Å²) in [4.78, 5) is 21.2. The Balaban J connectivity index is 1.40. The zero-order valence-corrected chi connectivity index (χ0v) is 23.1. The quantitative estimate of drug-likeness (QED) is 0.225. The molecule has 3 aromatic carbocycles. The predicted molar refractivity (Wildman–Crippen MR) is 153 cm³/mol. The molecule has 6 nitrogen and oxygen atoms in total. The Hall–Kier alpha value is -3.10. The van der Waals surface area contributed by atoms with Gasteiger partial charge >= 0.3 is 0 Å². The molecule has 0 spiro atoms. The molecule has 0 fully saturated rings. The number of aromatic nitrogens is 2. The third-order valence-corrected chi connectivity index (χ3v) is 8.10. The van der Waals surface area contributed by atoms with E-state index in [4.69, 9.17) is 16.3 Å². The fraction of sp³-hybridized carbons (Fsp3) is 0.267. The molecule has 0 aliphatic heterocycles. The van der Waals surface area contributed by atoms with E-state index < -0.39 is 0 Å². The number of hydrogen-bond acceptors (Lipinski definition) is 5. The fourth-order valence-corrected chi connectivity index (χ4v) is 5.95. The number of nitrogens with one attached hydrogen (secondary N) is 1. The number of hydrogen-bond donors (Lipinski definition) is 1. The Kier molecular flexibility index (Phi) is 8.49. The van der Waals surface area contributed by atoms with Crippen LogP contribution in [0.15, 0.2) is 90.1 Å². The van der Waals surface area contributed by atoms with Crippen molar-refractivity contribution in [3.05, 3.63) is 113 Å². The molecule has 5 rings (SSSR count). The van der Waals surface area contributed by atoms with Crippen LogP contribution in [-0.4, -0.2) is 22.6 Å². The maximum atomic E-state index is 13.8. The minimum absolute atomic E-state index is 0.0144. The normalized spacial score (nSPS) is 15.3. The van der Waals surface area contributed by atoms with Gasteiger partial charge in [0.1, 0.15) is 5.82 Å². The number of imidazole rings is 1. The number of ether oxygens (including phenoxy) is 1. The van der Waals surface area contributed by atoms with Crippen LogP contribution in [0.2, 0.25) is 5.02 Å². The topological polar surface area (TPSA) is 59.4 Å². The molecule has 196 valence electrons. The standard InChI is InChI=1S/C30H31ClN4O2S/c1-34-16-15-32-29(34)20-35(30(36)19-28(37-2)22-7-4-3-5-8-22)24-13-11-21-12-14-27(26(21)18-24)33-38-25-10-6-9-23(31)17-25/h3-11,13,15-18,27-28,33H,12,14,19-20H2,1-2H3. The lowest BCUT2D eigenvalue weighted by molar-refractivity contribution is -0.121. The van der Waals surface area contributed by atoms with Gasteiger partial charge in [-0.15, -0.1) is 0 Å². The molecular formula is C30H31ClN4O2S. The van der Waals surface area contributed by atoms with E-state index in [1.807, 2.05) is 77.3 Å². The van der Waals surface area contributed by atoms with Gasteiger partial charge in [-0.3, -0.25) is 9.52 Å². The molecule has 1 amide bonds. The van der Waals surface area contributed by atoms with E-state index in [0.717, 1.165) is 39.8 Å². The number of fused-ring (bicyclic) bond motifs is 1. The molecular weight excluding hydrogens is 516 g/mol. The summed E-state index contributed by atoms with van der Waals surface area (Å²) in [6.07, 6.45) is 5.56. The van der Waals surface area contributed by atoms with E-state index in [1.54, 1.807) is 25.3 Å². The third kappa shape index (κ3) is 6.13. The fourth-order valence-electron chi connectivity index (χ4n) is 4.84. The van der Waals surface area contributed by atoms with Crippen LogP contribution in [0.4, 0.5) is 5.69 Å². The first-order valence-corrected chi connectivity index (χ1v) is 13.9. The van der Waals surface area contributed by atoms with Crippen LogP contribution in [-0.2, 0) is 29.5 Å². The van der Waals surface area contributed by atoms with Gasteiger partial charge in [-0.2, -0.15) is 0 Å². The highest BCUT2D eigenvalue weighted by Gasteiger charge is 2.27. The highest BCUT2D eigenvalue weighted by molar-refractivity contribution is 7.97. The number of aryl methyl sites for hydroxylation is 2. The van der Waals surface area contributed by atoms with Crippen molar-refractivity contribution in [3.63, 3.8) is 0 Å². The van der Waals surface area contributed by atoms with Crippen LogP contribution >= 0.6 is 23.5 Å². The lowest BCUT2D eigenvalue weighted by Crippen LogP contribution is -2.33. The molecule has 2 atom stereocenters. The number of nitrogens with zero attached hydrogens (tertiary/aromatic N) is 3. The summed E-state index contributed by atoms with van der Waals surface area (Å²) in [5.41, 5.74) is 4.38. The Labute approximate surface area is 233 Å². The number of carbonyl (C=O) groups is 1. The average Bonchev–Trinajstić information content (AvgIpc) is 3.54. The maximum Gasteiger partial charge on any atom is 0.230 e. The molecule has 1 aromatic heterocycles. The van der Waals surface area contributed by atoms with Gasteiger partial charge in [0.15, 0.2) is 0 Å². The zero-order valence-electron chi connectivity index (χ0n) is 21.5. The number of carbonyl (C=O) groups excluding carboxylic acids is 1. The predicted octanol–water partition coefficient (Wildman–Crippen LogP) is 6.67. The van der Waals surface area contributed by atoms with E-state index in [-0.39, 0.29) is 24.5 Å². The monoisotopic (exact) mass is 546 g/mol. The number of methoxy groups -OCH3 is 1. The Morgan fingerprint density at radius 1 is 1.18 bits per heavy atom. The molecule has 4 aromatic rings. The molecule has 0 bridgehead atoms. The molecule has 1 aliphatic carbocycles. The van der Waals surface area contributed by atoms with Crippen LogP contribution in [0.1, 0.15) is 47.5 Å². The van der Waals surface area contributed by atoms with E-state index in [1.165, 1.54) is 11.1 Å². The van der Waals surface area contributed by atoms with Crippen molar-refractivity contribution in [2.24, 2.45) is 7.05 Å². The van der Waals surface area contributed by atoms with Gasteiger partial charge < -0.3 is 14.2 Å². The molecule has 38 heavy (non-hydrogen) atoms. The van der Waals surface area contributed by atoms with Gasteiger partial charge in [0.25, 0.3) is 0 Å². The Bertz CT molecular complexity index is 1390. The zero-order chi connectivity index (χ0) is 26.5. The molecule has 1 heterocycles. The largest absolute Gasteiger partial charge is 0.376 e. The van der Waals surface area contributed by atoms with Crippen LogP contribution < -0.4 is 9.62 Å². The van der Waals surface area contributed by atoms with E-state index in [9.17, 15) is 4.79 Å². The molecule has 0 saturated carbocycles. The number of benzene rings is 3. The number of anilines is 1. The Morgan fingerprint density at radius 2 is 2.03 bits per heavy atom. The summed E-state index contributed by atoms with van der Waals surface area (Å²) in [5, 5.41) is 0.721. The van der Waals surface area contributed by atoms with Crippen molar-refractivity contribution in [3.8, 4) is 0 Å². The summed E-state index contributed by atoms with van der Waals surface area (Å²) in [5.74, 6) is 0.804. The minimum Gasteiger partial charge on any atom is -0.376 e. The number of amides is 1. The van der Waals surface area contributed by atoms with Gasteiger partial charge in [-0.1, -0.05) is 54.1 Å². The molecule has 0 saturated heterocycles. The molecule has 8 heteroatoms. The second-order valence-corrected chi connectivity index (χ2v) is 10.8. The summed E-state index contributed by atoms with van der Waals surface area (Å²) in [6, 6.07) is 24.2. The highest BCUT2D eigenvalue weighted by Crippen LogP contribution is 2.37. The van der Waals surface area contributed by atoms with Crippen molar-refractivity contribution in [2.75, 3.05) is 12.0 Å². The van der Waals surface area contributed by atoms with Crippen molar-refractivity contribution >= 4 is 35.1 Å². The lowest BCUT2D eigenvalue weighted by atomic mass is 10.0. The van der Waals surface area contributed by atoms with E-state index in [0.29, 0.717) is 6.54 Å². The van der Waals surface area contributed by atoms with Gasteiger partial charge in [0.2, 0.25) is 5.91 Å². The second kappa shape index (κ2) is 12.2. The van der Waals surface area contributed by atoms with Gasteiger partial charge in [-0.05, 0) is 71.8 Å². The third-order valence-electron chi connectivity index (χ3n) is 6.97. The second-order valence-electron chi connectivity index (χ2n) is 9.43. The molecule has 1 aliphatic rings. The van der Waals surface area contributed by atoms with E-state index in [2.05, 4.69) is 27.9 Å². The first-order chi connectivity index (χ1) is 18.5. The highest BCUT2D eigenvalue weighted by atomic mass is 35.5. The molecule has 1 N–H and O–H groups in total. The molecule has 0 radical (unpaired) electrons. The SMILES string of the molecule is COC(CC(=O)N(Cc1nccn1C)c1ccc2c(c1)C(NSc1cccc(Cl)c1)CC2)c1ccccc1. The summed E-state index contributed by atoms with van der Waals surface area (Å²) >= 11 is 7.75. The minimum atomic E-state index is -0.328. The van der Waals surface area contributed by atoms with Gasteiger partial charge in [0.05, 0.1) is 19.1 Å². The summed E-state index contributed by atoms with van der Waals surface area (Å²) < 4.78 is 11.3. The number of rotatable bonds is 10. The van der Waals surface area contributed by atoms with Crippen molar-refractivity contribution in [1.82, 2.24) is 14.3 Å². The van der Waals surface area contributed by atoms with Crippen molar-refractivity contribution < 1.29 is 9.53 Å². The van der Waals surface area contributed by atoms with Crippen LogP contribution in [0.5, 0.6) is 0 Å². The Morgan fingerprint density at radius 3 is 2.76 bits per heavy atom. The summed E-state index contributed by atoms with van der Waals surface area (Å²) in [6.45, 7) is 0.377. The van der Waals surface area contributed by atoms with Gasteiger partial charge in [0, 0.05) is 48.2 Å². The summed E-state index contributed by atoms with van der Waals surface area (Å²) in [7, 11) is 3.60. The first kappa shape index (κ1) is 26.5.